The lowest BCUT2D eigenvalue weighted by Crippen LogP contribution is -2.13. The summed E-state index contributed by atoms with van der Waals surface area (Å²) < 4.78 is 6.83. The number of benzene rings is 1. The van der Waals surface area contributed by atoms with Crippen LogP contribution in [0, 0.1) is 0 Å². The molecule has 0 saturated carbocycles. The summed E-state index contributed by atoms with van der Waals surface area (Å²) in [5.74, 6) is 0.0172. The number of hydrogen-bond acceptors (Lipinski definition) is 3. The number of hydrogen-bond donors (Lipinski definition) is 0. The maximum atomic E-state index is 11.7. The minimum Gasteiger partial charge on any atom is -0.460 e. The molecule has 0 bridgehead atoms. The zero-order valence-electron chi connectivity index (χ0n) is 12.1. The van der Waals surface area contributed by atoms with E-state index in [0.717, 1.165) is 30.8 Å². The number of esters is 1. The van der Waals surface area contributed by atoms with Gasteiger partial charge in [-0.1, -0.05) is 23.7 Å². The number of nitrogens with zero attached hydrogens (tertiary/aromatic N) is 2. The molecule has 1 aromatic heterocycles. The molecule has 0 aliphatic rings. The molecule has 0 radical (unpaired) electrons. The molecule has 1 aromatic carbocycles. The van der Waals surface area contributed by atoms with Gasteiger partial charge in [0.25, 0.3) is 0 Å². The van der Waals surface area contributed by atoms with Crippen LogP contribution in [0.5, 0.6) is 0 Å². The van der Waals surface area contributed by atoms with Crippen molar-refractivity contribution in [3.63, 3.8) is 0 Å². The smallest absolute Gasteiger partial charge is 0.374 e. The normalized spacial score (nSPS) is 10.6. The molecule has 0 saturated heterocycles. The molecular formula is C16H19ClN2O2. The second kappa shape index (κ2) is 7.84. The van der Waals surface area contributed by atoms with Crippen molar-refractivity contribution in [3.05, 3.63) is 53.1 Å². The van der Waals surface area contributed by atoms with Crippen LogP contribution in [0.15, 0.2) is 36.7 Å². The van der Waals surface area contributed by atoms with E-state index in [-0.39, 0.29) is 5.97 Å². The first-order valence-corrected chi connectivity index (χ1v) is 7.51. The third kappa shape index (κ3) is 4.60. The molecule has 4 nitrogen and oxygen atoms in total. The molecule has 0 unspecified atom stereocenters. The molecule has 0 atom stereocenters. The molecule has 0 amide bonds. The van der Waals surface area contributed by atoms with Crippen molar-refractivity contribution in [2.24, 2.45) is 0 Å². The van der Waals surface area contributed by atoms with E-state index in [9.17, 15) is 4.79 Å². The van der Waals surface area contributed by atoms with Gasteiger partial charge < -0.3 is 9.30 Å². The van der Waals surface area contributed by atoms with Gasteiger partial charge in [-0.25, -0.2) is 9.78 Å². The highest BCUT2D eigenvalue weighted by molar-refractivity contribution is 6.30. The number of aryl methyl sites for hydroxylation is 2. The first kappa shape index (κ1) is 15.6. The Morgan fingerprint density at radius 2 is 2.05 bits per heavy atom. The summed E-state index contributed by atoms with van der Waals surface area (Å²) in [5.41, 5.74) is 1.27. The minimum atomic E-state index is -0.361. The summed E-state index contributed by atoms with van der Waals surface area (Å²) in [4.78, 5) is 15.7. The predicted octanol–water partition coefficient (Wildman–Crippen LogP) is 3.74. The second-order valence-electron chi connectivity index (χ2n) is 4.75. The van der Waals surface area contributed by atoms with Gasteiger partial charge >= 0.3 is 5.97 Å². The van der Waals surface area contributed by atoms with Gasteiger partial charge in [0.2, 0.25) is 5.82 Å². The van der Waals surface area contributed by atoms with E-state index in [1.54, 1.807) is 13.1 Å². The summed E-state index contributed by atoms with van der Waals surface area (Å²) in [5, 5.41) is 0.760. The topological polar surface area (TPSA) is 44.1 Å². The summed E-state index contributed by atoms with van der Waals surface area (Å²) in [6, 6.07) is 7.91. The van der Waals surface area contributed by atoms with Gasteiger partial charge in [-0.2, -0.15) is 0 Å². The van der Waals surface area contributed by atoms with Crippen molar-refractivity contribution in [1.82, 2.24) is 9.55 Å². The fourth-order valence-electron chi connectivity index (χ4n) is 2.14. The number of unbranched alkanes of at least 4 members (excludes halogenated alkanes) is 1. The monoisotopic (exact) mass is 306 g/mol. The molecule has 112 valence electrons. The average molecular weight is 307 g/mol. The molecule has 0 N–H and O–H groups in total. The fraction of sp³-hybridized carbons (Fsp3) is 0.375. The van der Waals surface area contributed by atoms with Crippen LogP contribution in [0.3, 0.4) is 0 Å². The van der Waals surface area contributed by atoms with E-state index in [4.69, 9.17) is 16.3 Å². The zero-order chi connectivity index (χ0) is 15.1. The Labute approximate surface area is 129 Å². The van der Waals surface area contributed by atoms with Crippen LogP contribution in [0.1, 0.15) is 35.9 Å². The number of carbonyl (C=O) groups is 1. The van der Waals surface area contributed by atoms with Gasteiger partial charge in [0.05, 0.1) is 6.61 Å². The van der Waals surface area contributed by atoms with Crippen LogP contribution in [-0.2, 0) is 17.7 Å². The van der Waals surface area contributed by atoms with Crippen LogP contribution in [0.25, 0.3) is 0 Å². The van der Waals surface area contributed by atoms with Crippen molar-refractivity contribution in [2.45, 2.75) is 32.7 Å². The van der Waals surface area contributed by atoms with Gasteiger partial charge in [-0.15, -0.1) is 0 Å². The summed E-state index contributed by atoms with van der Waals surface area (Å²) in [6.45, 7) is 2.92. The number of carbonyl (C=O) groups excluding carboxylic acids is 1. The Morgan fingerprint density at radius 1 is 1.29 bits per heavy atom. The Balaban J connectivity index is 1.80. The highest BCUT2D eigenvalue weighted by Crippen LogP contribution is 2.12. The fourth-order valence-corrected chi connectivity index (χ4v) is 2.26. The zero-order valence-corrected chi connectivity index (χ0v) is 12.8. The number of rotatable bonds is 7. The molecule has 21 heavy (non-hydrogen) atoms. The van der Waals surface area contributed by atoms with Gasteiger partial charge in [0.15, 0.2) is 0 Å². The summed E-state index contributed by atoms with van der Waals surface area (Å²) >= 11 is 5.86. The molecule has 0 spiro atoms. The Hall–Kier alpha value is -1.81. The average Bonchev–Trinajstić information content (AvgIpc) is 2.94. The molecule has 1 heterocycles. The van der Waals surface area contributed by atoms with E-state index >= 15 is 0 Å². The molecule has 0 aliphatic carbocycles. The summed E-state index contributed by atoms with van der Waals surface area (Å²) in [7, 11) is 0. The second-order valence-corrected chi connectivity index (χ2v) is 5.18. The van der Waals surface area contributed by atoms with E-state index < -0.39 is 0 Å². The minimum absolute atomic E-state index is 0.361. The molecular weight excluding hydrogens is 288 g/mol. The number of imidazole rings is 1. The van der Waals surface area contributed by atoms with E-state index in [1.807, 2.05) is 35.0 Å². The number of ether oxygens (including phenoxy) is 1. The Morgan fingerprint density at radius 3 is 2.76 bits per heavy atom. The molecule has 2 rings (SSSR count). The lowest BCUT2D eigenvalue weighted by molar-refractivity contribution is 0.0506. The molecule has 0 fully saturated rings. The Bertz CT molecular complexity index is 578. The number of aromatic nitrogens is 2. The lowest BCUT2D eigenvalue weighted by Gasteiger charge is -2.07. The highest BCUT2D eigenvalue weighted by Gasteiger charge is 2.13. The van der Waals surface area contributed by atoms with Crippen molar-refractivity contribution >= 4 is 17.6 Å². The van der Waals surface area contributed by atoms with Gasteiger partial charge in [0.1, 0.15) is 0 Å². The molecule has 0 aliphatic heterocycles. The van der Waals surface area contributed by atoms with Crippen molar-refractivity contribution < 1.29 is 9.53 Å². The van der Waals surface area contributed by atoms with Crippen molar-refractivity contribution in [3.8, 4) is 0 Å². The highest BCUT2D eigenvalue weighted by atomic mass is 35.5. The first-order valence-electron chi connectivity index (χ1n) is 7.13. The number of halogens is 1. The van der Waals surface area contributed by atoms with E-state index in [1.165, 1.54) is 5.56 Å². The van der Waals surface area contributed by atoms with E-state index in [0.29, 0.717) is 12.4 Å². The van der Waals surface area contributed by atoms with Gasteiger partial charge in [-0.3, -0.25) is 0 Å². The third-order valence-corrected chi connectivity index (χ3v) is 3.45. The van der Waals surface area contributed by atoms with E-state index in [2.05, 4.69) is 4.98 Å². The van der Waals surface area contributed by atoms with Crippen LogP contribution >= 0.6 is 11.6 Å². The largest absolute Gasteiger partial charge is 0.460 e. The molecule has 2 aromatic rings. The van der Waals surface area contributed by atoms with Gasteiger partial charge in [-0.05, 0) is 43.9 Å². The maximum Gasteiger partial charge on any atom is 0.374 e. The van der Waals surface area contributed by atoms with Crippen LogP contribution in [0.2, 0.25) is 5.02 Å². The Kier molecular flexibility index (Phi) is 5.81. The third-order valence-electron chi connectivity index (χ3n) is 3.20. The lowest BCUT2D eigenvalue weighted by atomic mass is 10.1. The summed E-state index contributed by atoms with van der Waals surface area (Å²) in [6.07, 6.45) is 6.47. The van der Waals surface area contributed by atoms with Crippen LogP contribution in [-0.4, -0.2) is 22.1 Å². The van der Waals surface area contributed by atoms with Crippen molar-refractivity contribution in [2.75, 3.05) is 6.61 Å². The van der Waals surface area contributed by atoms with Gasteiger partial charge in [0, 0.05) is 24.0 Å². The van der Waals surface area contributed by atoms with Crippen molar-refractivity contribution in [1.29, 1.82) is 0 Å². The first-order chi connectivity index (χ1) is 10.2. The standard InChI is InChI=1S/C16H19ClN2O2/c1-2-21-16(20)15-18-10-12-19(15)11-4-3-5-13-6-8-14(17)9-7-13/h6-10,12H,2-5,11H2,1H3. The van der Waals surface area contributed by atoms with Crippen LogP contribution < -0.4 is 0 Å². The predicted molar refractivity (Wildman–Crippen MR) is 82.6 cm³/mol. The molecule has 5 heteroatoms. The quantitative estimate of drug-likeness (QED) is 0.578. The maximum absolute atomic E-state index is 11.7. The SMILES string of the molecule is CCOC(=O)c1nccn1CCCCc1ccc(Cl)cc1. The van der Waals surface area contributed by atoms with Crippen LogP contribution in [0.4, 0.5) is 0 Å².